The van der Waals surface area contributed by atoms with Crippen molar-refractivity contribution in [1.82, 2.24) is 0 Å². The van der Waals surface area contributed by atoms with Crippen molar-refractivity contribution in [2.75, 3.05) is 0 Å². The van der Waals surface area contributed by atoms with Gasteiger partial charge in [-0.15, -0.1) is 0 Å². The number of carboxylic acid groups (broad SMARTS) is 12. The van der Waals surface area contributed by atoms with E-state index in [1.54, 1.807) is 0 Å². The van der Waals surface area contributed by atoms with Crippen LogP contribution in [0.1, 0.15) is 124 Å². The molecular formula is C48H30KNbO24. The summed E-state index contributed by atoms with van der Waals surface area (Å²) < 4.78 is 0. The van der Waals surface area contributed by atoms with Crippen molar-refractivity contribution >= 4 is 71.6 Å². The molecule has 0 fully saturated rings. The Morgan fingerprint density at radius 3 is 0.351 bits per heavy atom. The van der Waals surface area contributed by atoms with Crippen molar-refractivity contribution in [3.8, 4) is 0 Å². The second-order valence-electron chi connectivity index (χ2n) is 12.8. The molecule has 6 N–H and O–H groups in total. The number of hydrogen-bond donors (Lipinski definition) is 6. The molecule has 0 saturated carbocycles. The van der Waals surface area contributed by atoms with E-state index in [0.717, 1.165) is 0 Å². The SMILES string of the molecule is O=C([O-])c1ccccc1C(=O)O.O=C([O-])c1ccccc1C(=O)O.O=C([O-])c1ccccc1C(=O)O.O=C([O-])c1ccccc1C(=O)O.O=C([O-])c1ccccc1C(=O)O.O=C([O-])c1ccccc1C(=O)O.[K+].[Nb+5]. The molecule has 0 aliphatic heterocycles. The zero-order valence-corrected chi connectivity index (χ0v) is 42.7. The van der Waals surface area contributed by atoms with Crippen LogP contribution in [0.25, 0.3) is 0 Å². The Bertz CT molecular complexity index is 2320. The predicted octanol–water partition coefficient (Wildman–Crippen LogP) is -4.51. The van der Waals surface area contributed by atoms with Crippen LogP contribution in [-0.2, 0) is 22.4 Å². The van der Waals surface area contributed by atoms with E-state index in [4.69, 9.17) is 30.6 Å². The van der Waals surface area contributed by atoms with Crippen molar-refractivity contribution in [2.45, 2.75) is 0 Å². The Balaban J connectivity index is 0. The molecule has 0 amide bonds. The smallest absolute Gasteiger partial charge is 0.545 e. The fourth-order valence-electron chi connectivity index (χ4n) is 5.09. The standard InChI is InChI=1S/6C8H6O4.K.Nb/c6*9-7(10)5-3-1-2-4-6(5)8(11)12;;/h6*1-4H,(H,9,10)(H,11,12);;/q;;;;;;+1;+5/p-6. The van der Waals surface area contributed by atoms with Crippen molar-refractivity contribution in [1.29, 1.82) is 0 Å². The first-order chi connectivity index (χ1) is 33.8. The molecule has 0 unspecified atom stereocenters. The molecule has 0 atom stereocenters. The van der Waals surface area contributed by atoms with E-state index in [-0.39, 0.29) is 141 Å². The van der Waals surface area contributed by atoms with E-state index in [1.807, 2.05) is 0 Å². The average molecular weight is 1120 g/mol. The number of rotatable bonds is 12. The van der Waals surface area contributed by atoms with Crippen LogP contribution >= 0.6 is 0 Å². The molecule has 26 heteroatoms. The van der Waals surface area contributed by atoms with Gasteiger partial charge in [0.25, 0.3) is 0 Å². The first kappa shape index (κ1) is 67.4. The molecule has 6 aromatic carbocycles. The summed E-state index contributed by atoms with van der Waals surface area (Å²) in [5.41, 5.74) is -3.32. The summed E-state index contributed by atoms with van der Waals surface area (Å²) in [5, 5.41) is 113. The maximum Gasteiger partial charge on any atom is 5.00 e. The largest absolute Gasteiger partial charge is 5.00 e. The Morgan fingerprint density at radius 1 is 0.216 bits per heavy atom. The van der Waals surface area contributed by atoms with Crippen LogP contribution in [0.2, 0.25) is 0 Å². The number of carbonyl (C=O) groups is 12. The van der Waals surface area contributed by atoms with Crippen LogP contribution in [-0.4, -0.2) is 102 Å². The van der Waals surface area contributed by atoms with Gasteiger partial charge < -0.3 is 90.0 Å². The molecule has 0 heterocycles. The zero-order chi connectivity index (χ0) is 54.8. The van der Waals surface area contributed by atoms with E-state index in [1.165, 1.54) is 146 Å². The number of aromatic carboxylic acids is 12. The number of hydrogen-bond acceptors (Lipinski definition) is 18. The van der Waals surface area contributed by atoms with Gasteiger partial charge in [0.05, 0.1) is 69.2 Å². The van der Waals surface area contributed by atoms with E-state index in [2.05, 4.69) is 0 Å². The van der Waals surface area contributed by atoms with Crippen molar-refractivity contribution in [3.05, 3.63) is 212 Å². The molecule has 6 aromatic rings. The molecule has 0 radical (unpaired) electrons. The van der Waals surface area contributed by atoms with E-state index < -0.39 is 71.6 Å². The third-order valence-electron chi connectivity index (χ3n) is 8.26. The summed E-state index contributed by atoms with van der Waals surface area (Å²) in [4.78, 5) is 125. The molecule has 0 bridgehead atoms. The van der Waals surface area contributed by atoms with Gasteiger partial charge in [-0.2, -0.15) is 0 Å². The maximum atomic E-state index is 10.4. The Kier molecular flexibility index (Phi) is 30.8. The van der Waals surface area contributed by atoms with Gasteiger partial charge in [0.2, 0.25) is 0 Å². The molecule has 6 rings (SSSR count). The quantitative estimate of drug-likeness (QED) is 0.0629. The molecule has 0 saturated heterocycles. The summed E-state index contributed by atoms with van der Waals surface area (Å²) >= 11 is 0. The first-order valence-corrected chi connectivity index (χ1v) is 19.0. The van der Waals surface area contributed by atoms with Gasteiger partial charge in [-0.1, -0.05) is 109 Å². The zero-order valence-electron chi connectivity index (χ0n) is 37.3. The van der Waals surface area contributed by atoms with Gasteiger partial charge in [0.15, 0.2) is 0 Å². The Morgan fingerprint density at radius 2 is 0.297 bits per heavy atom. The van der Waals surface area contributed by atoms with E-state index in [9.17, 15) is 88.2 Å². The molecular weight excluding hydrogens is 1090 g/mol. The van der Waals surface area contributed by atoms with Crippen LogP contribution in [0.4, 0.5) is 0 Å². The van der Waals surface area contributed by atoms with E-state index in [0.29, 0.717) is 0 Å². The van der Waals surface area contributed by atoms with Gasteiger partial charge in [0, 0.05) is 33.4 Å². The maximum absolute atomic E-state index is 10.4. The molecule has 0 aliphatic carbocycles. The van der Waals surface area contributed by atoms with Crippen LogP contribution in [0.5, 0.6) is 0 Å². The minimum absolute atomic E-state index is 0. The summed E-state index contributed by atoms with van der Waals surface area (Å²) in [6.45, 7) is 0. The average Bonchev–Trinajstić information content (AvgIpc) is 3.34. The monoisotopic (exact) mass is 1120 g/mol. The summed E-state index contributed by atoms with van der Waals surface area (Å²) in [7, 11) is 0. The van der Waals surface area contributed by atoms with Crippen molar-refractivity contribution in [3.63, 3.8) is 0 Å². The molecule has 0 spiro atoms. The summed E-state index contributed by atoms with van der Waals surface area (Å²) in [6, 6.07) is 31.8. The number of carboxylic acids is 12. The molecule has 74 heavy (non-hydrogen) atoms. The van der Waals surface area contributed by atoms with Crippen LogP contribution in [0.15, 0.2) is 146 Å². The number of benzene rings is 6. The van der Waals surface area contributed by atoms with Crippen molar-refractivity contribution in [2.24, 2.45) is 0 Å². The van der Waals surface area contributed by atoms with Crippen LogP contribution < -0.4 is 82.0 Å². The van der Waals surface area contributed by atoms with Crippen molar-refractivity contribution < 1.29 is 193 Å². The minimum Gasteiger partial charge on any atom is -0.545 e. The normalized spacial score (nSPS) is 9.08. The third-order valence-corrected chi connectivity index (χ3v) is 8.26. The predicted molar refractivity (Wildman–Crippen MR) is 226 cm³/mol. The summed E-state index contributed by atoms with van der Waals surface area (Å²) in [5.74, 6) is -16.5. The molecule has 24 nitrogen and oxygen atoms in total. The van der Waals surface area contributed by atoms with Gasteiger partial charge in [-0.3, -0.25) is 0 Å². The third kappa shape index (κ3) is 22.2. The van der Waals surface area contributed by atoms with Gasteiger partial charge in [-0.25, -0.2) is 28.8 Å². The van der Waals surface area contributed by atoms with E-state index >= 15 is 0 Å². The Labute approximate surface area is 472 Å². The minimum atomic E-state index is -1.48. The summed E-state index contributed by atoms with van der Waals surface area (Å²) in [6.07, 6.45) is 0. The van der Waals surface area contributed by atoms with Crippen LogP contribution in [0.3, 0.4) is 0 Å². The van der Waals surface area contributed by atoms with Gasteiger partial charge in [-0.05, 0) is 36.4 Å². The second kappa shape index (κ2) is 33.8. The van der Waals surface area contributed by atoms with Gasteiger partial charge >= 0.3 is 110 Å². The molecule has 372 valence electrons. The number of carbonyl (C=O) groups excluding carboxylic acids is 6. The Hall–Kier alpha value is -8.66. The second-order valence-corrected chi connectivity index (χ2v) is 12.8. The molecule has 0 aliphatic rings. The first-order valence-electron chi connectivity index (χ1n) is 19.0. The fourth-order valence-corrected chi connectivity index (χ4v) is 5.09. The molecule has 0 aromatic heterocycles. The fraction of sp³-hybridized carbons (Fsp3) is 0. The topological polar surface area (TPSA) is 465 Å². The van der Waals surface area contributed by atoms with Gasteiger partial charge in [0.1, 0.15) is 0 Å². The van der Waals surface area contributed by atoms with Crippen LogP contribution in [0, 0.1) is 0 Å².